The lowest BCUT2D eigenvalue weighted by molar-refractivity contribution is 0.639. The van der Waals surface area contributed by atoms with Gasteiger partial charge in [0.15, 0.2) is 0 Å². The summed E-state index contributed by atoms with van der Waals surface area (Å²) in [6.45, 7) is 7.78. The van der Waals surface area contributed by atoms with Crippen molar-refractivity contribution in [3.63, 3.8) is 0 Å². The Morgan fingerprint density at radius 3 is 2.52 bits per heavy atom. The first-order chi connectivity index (χ1) is 10.1. The van der Waals surface area contributed by atoms with E-state index in [-0.39, 0.29) is 5.56 Å². The van der Waals surface area contributed by atoms with Gasteiger partial charge in [0.2, 0.25) is 0 Å². The minimum atomic E-state index is -0.0796. The third-order valence-corrected chi connectivity index (χ3v) is 3.43. The Labute approximate surface area is 125 Å². The van der Waals surface area contributed by atoms with E-state index >= 15 is 0 Å². The van der Waals surface area contributed by atoms with Gasteiger partial charge in [-0.3, -0.25) is 4.79 Å². The molecule has 0 saturated heterocycles. The highest BCUT2D eigenvalue weighted by molar-refractivity contribution is 5.38. The molecule has 0 radical (unpaired) electrons. The highest BCUT2D eigenvalue weighted by Gasteiger charge is 2.03. The number of hydrogen-bond donors (Lipinski definition) is 1. The Hall–Kier alpha value is -2.10. The molecule has 0 atom stereocenters. The van der Waals surface area contributed by atoms with E-state index in [0.29, 0.717) is 12.5 Å². The van der Waals surface area contributed by atoms with Gasteiger partial charge >= 0.3 is 0 Å². The Morgan fingerprint density at radius 2 is 1.95 bits per heavy atom. The molecular weight excluding hydrogens is 262 g/mol. The molecule has 0 saturated carbocycles. The molecule has 1 N–H and O–H groups in total. The van der Waals surface area contributed by atoms with E-state index in [2.05, 4.69) is 55.5 Å². The van der Waals surface area contributed by atoms with Crippen LogP contribution < -0.4 is 10.9 Å². The van der Waals surface area contributed by atoms with Crippen LogP contribution in [0.15, 0.2) is 41.3 Å². The molecular formula is C17H23N3O. The van der Waals surface area contributed by atoms with Crippen molar-refractivity contribution in [1.29, 1.82) is 0 Å². The number of anilines is 1. The zero-order valence-corrected chi connectivity index (χ0v) is 13.0. The van der Waals surface area contributed by atoms with Crippen LogP contribution in [0.1, 0.15) is 44.2 Å². The van der Waals surface area contributed by atoms with Gasteiger partial charge in [-0.25, -0.2) is 4.68 Å². The number of aromatic nitrogens is 2. The van der Waals surface area contributed by atoms with E-state index in [1.165, 1.54) is 10.2 Å². The van der Waals surface area contributed by atoms with Gasteiger partial charge in [-0.05, 0) is 23.5 Å². The zero-order valence-electron chi connectivity index (χ0n) is 13.0. The lowest BCUT2D eigenvalue weighted by Gasteiger charge is -2.09. The molecule has 2 rings (SSSR count). The largest absolute Gasteiger partial charge is 0.384 e. The van der Waals surface area contributed by atoms with Crippen molar-refractivity contribution in [1.82, 2.24) is 9.78 Å². The van der Waals surface area contributed by atoms with Crippen molar-refractivity contribution in [3.8, 4) is 0 Å². The van der Waals surface area contributed by atoms with E-state index in [1.807, 2.05) is 0 Å². The Morgan fingerprint density at radius 1 is 1.24 bits per heavy atom. The second kappa shape index (κ2) is 7.07. The van der Waals surface area contributed by atoms with Gasteiger partial charge in [0.05, 0.1) is 18.4 Å². The minimum Gasteiger partial charge on any atom is -0.384 e. The molecule has 2 aromatic rings. The second-order valence-corrected chi connectivity index (χ2v) is 5.56. The molecule has 0 aliphatic carbocycles. The molecule has 0 bridgehead atoms. The van der Waals surface area contributed by atoms with Gasteiger partial charge < -0.3 is 5.32 Å². The molecule has 0 unspecified atom stereocenters. The number of nitrogens with zero attached hydrogens (tertiary/aromatic N) is 2. The van der Waals surface area contributed by atoms with E-state index in [4.69, 9.17) is 0 Å². The highest BCUT2D eigenvalue weighted by Crippen LogP contribution is 2.14. The molecule has 21 heavy (non-hydrogen) atoms. The van der Waals surface area contributed by atoms with Crippen molar-refractivity contribution >= 4 is 5.69 Å². The van der Waals surface area contributed by atoms with Crippen LogP contribution in [0.3, 0.4) is 0 Å². The molecule has 1 aromatic carbocycles. The van der Waals surface area contributed by atoms with Crippen LogP contribution in [-0.4, -0.2) is 16.3 Å². The van der Waals surface area contributed by atoms with Crippen molar-refractivity contribution in [2.24, 2.45) is 0 Å². The predicted octanol–water partition coefficient (Wildman–Crippen LogP) is 3.24. The normalized spacial score (nSPS) is 10.9. The summed E-state index contributed by atoms with van der Waals surface area (Å²) in [5.74, 6) is 0.517. The fourth-order valence-corrected chi connectivity index (χ4v) is 2.10. The van der Waals surface area contributed by atoms with E-state index in [9.17, 15) is 4.79 Å². The molecule has 1 heterocycles. The zero-order chi connectivity index (χ0) is 15.2. The van der Waals surface area contributed by atoms with Gasteiger partial charge in [0.25, 0.3) is 5.56 Å². The third kappa shape index (κ3) is 4.18. The lowest BCUT2D eigenvalue weighted by atomic mass is 10.0. The Bertz CT molecular complexity index is 629. The van der Waals surface area contributed by atoms with Crippen LogP contribution in [0.25, 0.3) is 0 Å². The van der Waals surface area contributed by atoms with Gasteiger partial charge in [0.1, 0.15) is 0 Å². The van der Waals surface area contributed by atoms with Crippen LogP contribution in [0.5, 0.6) is 0 Å². The average Bonchev–Trinajstić information content (AvgIpc) is 2.48. The van der Waals surface area contributed by atoms with Crippen LogP contribution in [0.2, 0.25) is 0 Å². The fourth-order valence-electron chi connectivity index (χ4n) is 2.10. The quantitative estimate of drug-likeness (QED) is 0.886. The van der Waals surface area contributed by atoms with Crippen LogP contribution in [0, 0.1) is 0 Å². The van der Waals surface area contributed by atoms with Gasteiger partial charge in [-0.15, -0.1) is 0 Å². The summed E-state index contributed by atoms with van der Waals surface area (Å²) in [5, 5.41) is 7.40. The third-order valence-electron chi connectivity index (χ3n) is 3.43. The SMILES string of the molecule is CCCNc1cnn(Cc2ccc(C(C)C)cc2)c(=O)c1. The van der Waals surface area contributed by atoms with Crippen molar-refractivity contribution in [2.75, 3.05) is 11.9 Å². The lowest BCUT2D eigenvalue weighted by Crippen LogP contribution is -2.23. The molecule has 0 amide bonds. The average molecular weight is 285 g/mol. The van der Waals surface area contributed by atoms with E-state index < -0.39 is 0 Å². The first kappa shape index (κ1) is 15.3. The summed E-state index contributed by atoms with van der Waals surface area (Å²) in [6, 6.07) is 9.95. The monoisotopic (exact) mass is 285 g/mol. The van der Waals surface area contributed by atoms with Crippen LogP contribution in [0.4, 0.5) is 5.69 Å². The maximum Gasteiger partial charge on any atom is 0.269 e. The minimum absolute atomic E-state index is 0.0796. The van der Waals surface area contributed by atoms with Crippen molar-refractivity contribution in [2.45, 2.75) is 39.7 Å². The summed E-state index contributed by atoms with van der Waals surface area (Å²) >= 11 is 0. The number of benzene rings is 1. The predicted molar refractivity (Wildman–Crippen MR) is 86.9 cm³/mol. The first-order valence-electron chi connectivity index (χ1n) is 7.50. The summed E-state index contributed by atoms with van der Waals surface area (Å²) < 4.78 is 1.49. The van der Waals surface area contributed by atoms with Gasteiger partial charge in [-0.2, -0.15) is 5.10 Å². The van der Waals surface area contributed by atoms with Gasteiger partial charge in [0, 0.05) is 12.6 Å². The molecule has 112 valence electrons. The van der Waals surface area contributed by atoms with Crippen molar-refractivity contribution < 1.29 is 0 Å². The molecule has 0 aliphatic heterocycles. The molecule has 0 aliphatic rings. The second-order valence-electron chi connectivity index (χ2n) is 5.56. The summed E-state index contributed by atoms with van der Waals surface area (Å²) in [5.41, 5.74) is 3.10. The molecule has 0 fully saturated rings. The van der Waals surface area contributed by atoms with Crippen molar-refractivity contribution in [3.05, 3.63) is 58.0 Å². The maximum atomic E-state index is 12.0. The first-order valence-corrected chi connectivity index (χ1v) is 7.50. The number of nitrogens with one attached hydrogen (secondary N) is 1. The Balaban J connectivity index is 2.10. The molecule has 4 nitrogen and oxygen atoms in total. The standard InChI is InChI=1S/C17H23N3O/c1-4-9-18-16-10-17(21)20(19-11-16)12-14-5-7-15(8-6-14)13(2)3/h5-8,10-11,13,18H,4,9,12H2,1-3H3. The maximum absolute atomic E-state index is 12.0. The Kier molecular flexibility index (Phi) is 5.14. The van der Waals surface area contributed by atoms with E-state index in [1.54, 1.807) is 12.3 Å². The smallest absolute Gasteiger partial charge is 0.269 e. The molecule has 4 heteroatoms. The van der Waals surface area contributed by atoms with Gasteiger partial charge in [-0.1, -0.05) is 45.0 Å². The summed E-state index contributed by atoms with van der Waals surface area (Å²) in [4.78, 5) is 12.0. The highest BCUT2D eigenvalue weighted by atomic mass is 16.1. The number of rotatable bonds is 6. The molecule has 1 aromatic heterocycles. The summed E-state index contributed by atoms with van der Waals surface area (Å²) in [6.07, 6.45) is 2.73. The molecule has 0 spiro atoms. The topological polar surface area (TPSA) is 46.9 Å². The number of hydrogen-bond acceptors (Lipinski definition) is 3. The fraction of sp³-hybridized carbons (Fsp3) is 0.412. The van der Waals surface area contributed by atoms with Crippen LogP contribution >= 0.6 is 0 Å². The van der Waals surface area contributed by atoms with E-state index in [0.717, 1.165) is 24.2 Å². The van der Waals surface area contributed by atoms with Crippen LogP contribution in [-0.2, 0) is 6.54 Å². The summed E-state index contributed by atoms with van der Waals surface area (Å²) in [7, 11) is 0.